The Kier molecular flexibility index (Phi) is 4.77. The highest BCUT2D eigenvalue weighted by atomic mass is 35.5. The van der Waals surface area contributed by atoms with Gasteiger partial charge in [-0.2, -0.15) is 5.10 Å². The average Bonchev–Trinajstić information content (AvgIpc) is 2.97. The van der Waals surface area contributed by atoms with Crippen LogP contribution in [-0.2, 0) is 13.5 Å². The van der Waals surface area contributed by atoms with E-state index in [9.17, 15) is 0 Å². The van der Waals surface area contributed by atoms with Crippen LogP contribution >= 0.6 is 22.9 Å². The van der Waals surface area contributed by atoms with E-state index in [1.807, 2.05) is 7.05 Å². The van der Waals surface area contributed by atoms with Gasteiger partial charge < -0.3 is 0 Å². The van der Waals surface area contributed by atoms with Gasteiger partial charge >= 0.3 is 0 Å². The Bertz CT molecular complexity index is 461. The van der Waals surface area contributed by atoms with Gasteiger partial charge in [0.25, 0.3) is 0 Å². The summed E-state index contributed by atoms with van der Waals surface area (Å²) in [5.74, 6) is 5.61. The summed E-state index contributed by atoms with van der Waals surface area (Å²) in [7, 11) is 1.88. The number of aryl methyl sites for hydroxylation is 2. The van der Waals surface area contributed by atoms with Gasteiger partial charge in [-0.3, -0.25) is 16.0 Å². The van der Waals surface area contributed by atoms with Crippen molar-refractivity contribution in [3.8, 4) is 0 Å². The number of nitrogens with one attached hydrogen (secondary N) is 1. The molecule has 0 aliphatic carbocycles. The first-order valence-electron chi connectivity index (χ1n) is 5.88. The fourth-order valence-electron chi connectivity index (χ4n) is 2.05. The van der Waals surface area contributed by atoms with E-state index in [1.165, 1.54) is 4.88 Å². The number of hydrazine groups is 1. The summed E-state index contributed by atoms with van der Waals surface area (Å²) in [6.07, 6.45) is 4.73. The molecule has 1 unspecified atom stereocenters. The molecule has 4 nitrogen and oxygen atoms in total. The Morgan fingerprint density at radius 3 is 3.00 bits per heavy atom. The van der Waals surface area contributed by atoms with Crippen molar-refractivity contribution < 1.29 is 0 Å². The van der Waals surface area contributed by atoms with E-state index in [0.717, 1.165) is 25.0 Å². The number of nitrogens with zero attached hydrogens (tertiary/aromatic N) is 2. The number of rotatable bonds is 6. The molecular formula is C12H17ClN4S. The second kappa shape index (κ2) is 6.33. The van der Waals surface area contributed by atoms with Crippen LogP contribution in [0.3, 0.4) is 0 Å². The molecular weight excluding hydrogens is 268 g/mol. The molecule has 0 bridgehead atoms. The molecule has 98 valence electrons. The minimum absolute atomic E-state index is 0.0463. The molecule has 3 N–H and O–H groups in total. The van der Waals surface area contributed by atoms with Crippen molar-refractivity contribution in [3.05, 3.63) is 39.3 Å². The van der Waals surface area contributed by atoms with Gasteiger partial charge in [0.2, 0.25) is 0 Å². The predicted octanol–water partition coefficient (Wildman–Crippen LogP) is 2.66. The number of hydrogen-bond donors (Lipinski definition) is 2. The Morgan fingerprint density at radius 1 is 1.61 bits per heavy atom. The molecule has 18 heavy (non-hydrogen) atoms. The van der Waals surface area contributed by atoms with Crippen LogP contribution in [0.2, 0.25) is 5.02 Å². The van der Waals surface area contributed by atoms with Crippen molar-refractivity contribution in [1.82, 2.24) is 15.2 Å². The van der Waals surface area contributed by atoms with Crippen molar-refractivity contribution in [3.63, 3.8) is 0 Å². The van der Waals surface area contributed by atoms with Crippen molar-refractivity contribution in [2.24, 2.45) is 12.9 Å². The fraction of sp³-hybridized carbons (Fsp3) is 0.417. The lowest BCUT2D eigenvalue weighted by Gasteiger charge is -2.16. The van der Waals surface area contributed by atoms with E-state index in [0.29, 0.717) is 5.02 Å². The summed E-state index contributed by atoms with van der Waals surface area (Å²) in [6.45, 7) is 0. The van der Waals surface area contributed by atoms with Crippen LogP contribution in [-0.4, -0.2) is 9.78 Å². The van der Waals surface area contributed by atoms with E-state index in [1.54, 1.807) is 22.2 Å². The van der Waals surface area contributed by atoms with Crippen molar-refractivity contribution >= 4 is 22.9 Å². The van der Waals surface area contributed by atoms with Gasteiger partial charge in [0.05, 0.1) is 23.0 Å². The molecule has 0 aromatic carbocycles. The number of hydrogen-bond acceptors (Lipinski definition) is 4. The molecule has 0 aliphatic rings. The molecule has 2 aromatic rings. The maximum Gasteiger partial charge on any atom is 0.0834 e. The second-order valence-corrected chi connectivity index (χ2v) is 5.63. The zero-order chi connectivity index (χ0) is 13.0. The molecule has 0 saturated carbocycles. The van der Waals surface area contributed by atoms with Crippen LogP contribution < -0.4 is 11.3 Å². The van der Waals surface area contributed by atoms with Crippen LogP contribution in [0.5, 0.6) is 0 Å². The predicted molar refractivity (Wildman–Crippen MR) is 75.5 cm³/mol. The lowest BCUT2D eigenvalue weighted by Crippen LogP contribution is -2.29. The molecule has 2 rings (SSSR count). The summed E-state index contributed by atoms with van der Waals surface area (Å²) in [5.41, 5.74) is 3.77. The molecule has 0 amide bonds. The maximum atomic E-state index is 6.12. The van der Waals surface area contributed by atoms with Crippen LogP contribution in [0.15, 0.2) is 23.7 Å². The van der Waals surface area contributed by atoms with Crippen molar-refractivity contribution in [2.75, 3.05) is 0 Å². The third-order valence-electron chi connectivity index (χ3n) is 2.96. The maximum absolute atomic E-state index is 6.12. The molecule has 0 fully saturated rings. The molecule has 2 heterocycles. The number of halogens is 1. The molecule has 0 radical (unpaired) electrons. The Labute approximate surface area is 116 Å². The lowest BCUT2D eigenvalue weighted by atomic mass is 10.1. The summed E-state index contributed by atoms with van der Waals surface area (Å²) in [5, 5.41) is 6.90. The van der Waals surface area contributed by atoms with E-state index in [-0.39, 0.29) is 6.04 Å². The average molecular weight is 285 g/mol. The standard InChI is InChI=1S/C12H17ClN4S/c1-17-12(10(13)8-15-17)11(16-14)6-2-4-9-5-3-7-18-9/h3,5,7-8,11,16H,2,4,6,14H2,1H3. The van der Waals surface area contributed by atoms with Crippen molar-refractivity contribution in [2.45, 2.75) is 25.3 Å². The van der Waals surface area contributed by atoms with Gasteiger partial charge in [-0.05, 0) is 30.7 Å². The second-order valence-electron chi connectivity index (χ2n) is 4.19. The Balaban J connectivity index is 1.93. The topological polar surface area (TPSA) is 55.9 Å². The largest absolute Gasteiger partial charge is 0.271 e. The normalized spacial score (nSPS) is 12.8. The first-order chi connectivity index (χ1) is 8.72. The minimum atomic E-state index is 0.0463. The first kappa shape index (κ1) is 13.5. The highest BCUT2D eigenvalue weighted by molar-refractivity contribution is 7.09. The summed E-state index contributed by atoms with van der Waals surface area (Å²) in [6, 6.07) is 4.29. The quantitative estimate of drug-likeness (QED) is 0.633. The minimum Gasteiger partial charge on any atom is -0.271 e. The van der Waals surface area contributed by atoms with Gasteiger partial charge in [0.1, 0.15) is 0 Å². The smallest absolute Gasteiger partial charge is 0.0834 e. The zero-order valence-electron chi connectivity index (χ0n) is 10.3. The van der Waals surface area contributed by atoms with Gasteiger partial charge in [0, 0.05) is 11.9 Å². The molecule has 1 atom stereocenters. The summed E-state index contributed by atoms with van der Waals surface area (Å²) >= 11 is 7.91. The Hall–Kier alpha value is -0.880. The van der Waals surface area contributed by atoms with Gasteiger partial charge in [-0.15, -0.1) is 11.3 Å². The number of nitrogens with two attached hydrogens (primary N) is 1. The van der Waals surface area contributed by atoms with E-state index < -0.39 is 0 Å². The highest BCUT2D eigenvalue weighted by Gasteiger charge is 2.17. The third kappa shape index (κ3) is 3.11. The SMILES string of the molecule is Cn1ncc(Cl)c1C(CCCc1cccs1)NN. The van der Waals surface area contributed by atoms with Gasteiger partial charge in [0.15, 0.2) is 0 Å². The fourth-order valence-corrected chi connectivity index (χ4v) is 3.10. The van der Waals surface area contributed by atoms with Crippen LogP contribution in [0.4, 0.5) is 0 Å². The molecule has 6 heteroatoms. The third-order valence-corrected chi connectivity index (χ3v) is 4.19. The zero-order valence-corrected chi connectivity index (χ0v) is 11.8. The van der Waals surface area contributed by atoms with Crippen LogP contribution in [0, 0.1) is 0 Å². The number of aromatic nitrogens is 2. The van der Waals surface area contributed by atoms with E-state index >= 15 is 0 Å². The van der Waals surface area contributed by atoms with Crippen molar-refractivity contribution in [1.29, 1.82) is 0 Å². The molecule has 0 saturated heterocycles. The van der Waals surface area contributed by atoms with Gasteiger partial charge in [-0.1, -0.05) is 17.7 Å². The first-order valence-corrected chi connectivity index (χ1v) is 7.14. The van der Waals surface area contributed by atoms with E-state index in [2.05, 4.69) is 28.0 Å². The lowest BCUT2D eigenvalue weighted by molar-refractivity contribution is 0.467. The van der Waals surface area contributed by atoms with Gasteiger partial charge in [-0.25, -0.2) is 0 Å². The van der Waals surface area contributed by atoms with Crippen LogP contribution in [0.25, 0.3) is 0 Å². The van der Waals surface area contributed by atoms with E-state index in [4.69, 9.17) is 17.4 Å². The molecule has 0 spiro atoms. The molecule has 0 aliphatic heterocycles. The molecule has 2 aromatic heterocycles. The highest BCUT2D eigenvalue weighted by Crippen LogP contribution is 2.25. The summed E-state index contributed by atoms with van der Waals surface area (Å²) < 4.78 is 1.78. The number of thiophene rings is 1. The monoisotopic (exact) mass is 284 g/mol. The summed E-state index contributed by atoms with van der Waals surface area (Å²) in [4.78, 5) is 1.40. The van der Waals surface area contributed by atoms with Crippen LogP contribution in [0.1, 0.15) is 29.5 Å². The Morgan fingerprint density at radius 2 is 2.44 bits per heavy atom.